The molecule has 246 valence electrons. The molecular formula is C34H62O8. The number of hydrogen-bond acceptors (Lipinski definition) is 8. The standard InChI is InChI=1S/C34H62O8/c1-2-3-4-5-6-7-8-9-10-11-15-18-35-19-20-36-21-22-37-23-24-38-25-26-39-27-28-40-29-30-41-31-32-42-33-34-16-13-12-14-17-34/h12-14,16-17H,2-11,15,18-33H2,1H3. The van der Waals surface area contributed by atoms with Crippen molar-refractivity contribution in [1.82, 2.24) is 0 Å². The Hall–Kier alpha value is -1.10. The van der Waals surface area contributed by atoms with Crippen LogP contribution in [-0.4, -0.2) is 99.1 Å². The van der Waals surface area contributed by atoms with Crippen LogP contribution < -0.4 is 0 Å². The van der Waals surface area contributed by atoms with Crippen LogP contribution >= 0.6 is 0 Å². The highest BCUT2D eigenvalue weighted by atomic mass is 16.6. The van der Waals surface area contributed by atoms with Gasteiger partial charge in [0.15, 0.2) is 0 Å². The number of unbranched alkanes of at least 4 members (excludes halogenated alkanes) is 10. The molecule has 0 heterocycles. The first-order valence-corrected chi connectivity index (χ1v) is 16.6. The Balaban J connectivity index is 1.61. The lowest BCUT2D eigenvalue weighted by atomic mass is 10.1. The van der Waals surface area contributed by atoms with Gasteiger partial charge in [0.2, 0.25) is 0 Å². The van der Waals surface area contributed by atoms with Crippen LogP contribution in [0.15, 0.2) is 30.3 Å². The average molecular weight is 599 g/mol. The first kappa shape index (κ1) is 38.9. The normalized spacial score (nSPS) is 11.5. The van der Waals surface area contributed by atoms with Crippen LogP contribution in [0.4, 0.5) is 0 Å². The van der Waals surface area contributed by atoms with E-state index in [4.69, 9.17) is 37.9 Å². The molecule has 8 nitrogen and oxygen atoms in total. The maximum absolute atomic E-state index is 5.65. The molecule has 0 radical (unpaired) electrons. The molecule has 1 rings (SSSR count). The number of hydrogen-bond donors (Lipinski definition) is 0. The van der Waals surface area contributed by atoms with E-state index < -0.39 is 0 Å². The second-order valence-corrected chi connectivity index (χ2v) is 10.4. The molecule has 0 aliphatic carbocycles. The summed E-state index contributed by atoms with van der Waals surface area (Å²) in [7, 11) is 0. The molecule has 0 atom stereocenters. The lowest BCUT2D eigenvalue weighted by Gasteiger charge is -2.09. The molecule has 0 fully saturated rings. The van der Waals surface area contributed by atoms with Crippen molar-refractivity contribution in [2.24, 2.45) is 0 Å². The van der Waals surface area contributed by atoms with Gasteiger partial charge in [-0.2, -0.15) is 0 Å². The zero-order valence-electron chi connectivity index (χ0n) is 26.7. The van der Waals surface area contributed by atoms with E-state index in [1.807, 2.05) is 30.3 Å². The highest BCUT2D eigenvalue weighted by Crippen LogP contribution is 2.11. The largest absolute Gasteiger partial charge is 0.379 e. The second-order valence-electron chi connectivity index (χ2n) is 10.4. The minimum atomic E-state index is 0.542. The van der Waals surface area contributed by atoms with Crippen LogP contribution in [0.25, 0.3) is 0 Å². The van der Waals surface area contributed by atoms with Crippen molar-refractivity contribution in [3.63, 3.8) is 0 Å². The zero-order chi connectivity index (χ0) is 29.9. The predicted octanol–water partition coefficient (Wildman–Crippen LogP) is 6.63. The summed E-state index contributed by atoms with van der Waals surface area (Å²) in [5.74, 6) is 0. The summed E-state index contributed by atoms with van der Waals surface area (Å²) < 4.78 is 44.3. The van der Waals surface area contributed by atoms with E-state index in [0.717, 1.165) is 13.0 Å². The van der Waals surface area contributed by atoms with Crippen LogP contribution in [0, 0.1) is 0 Å². The Morgan fingerprint density at radius 2 is 0.643 bits per heavy atom. The highest BCUT2D eigenvalue weighted by Gasteiger charge is 1.97. The number of benzene rings is 1. The average Bonchev–Trinajstić information content (AvgIpc) is 3.01. The third-order valence-electron chi connectivity index (χ3n) is 6.61. The number of ether oxygens (including phenoxy) is 8. The molecule has 1 aromatic rings. The van der Waals surface area contributed by atoms with Crippen LogP contribution in [0.3, 0.4) is 0 Å². The van der Waals surface area contributed by atoms with E-state index in [9.17, 15) is 0 Å². The van der Waals surface area contributed by atoms with Crippen LogP contribution in [0.1, 0.15) is 83.1 Å². The summed E-state index contributed by atoms with van der Waals surface area (Å²) in [6.45, 7) is 11.7. The monoisotopic (exact) mass is 598 g/mol. The molecule has 0 saturated carbocycles. The number of rotatable bonds is 35. The zero-order valence-corrected chi connectivity index (χ0v) is 26.7. The molecule has 1 aromatic carbocycles. The summed E-state index contributed by atoms with van der Waals surface area (Å²) in [5, 5.41) is 0. The van der Waals surface area contributed by atoms with E-state index in [2.05, 4.69) is 6.92 Å². The van der Waals surface area contributed by atoms with Gasteiger partial charge in [-0.25, -0.2) is 0 Å². The lowest BCUT2D eigenvalue weighted by Crippen LogP contribution is -2.15. The molecule has 0 unspecified atom stereocenters. The molecule has 0 amide bonds. The summed E-state index contributed by atoms with van der Waals surface area (Å²) >= 11 is 0. The van der Waals surface area contributed by atoms with Crippen molar-refractivity contribution in [2.45, 2.75) is 84.2 Å². The molecule has 42 heavy (non-hydrogen) atoms. The predicted molar refractivity (Wildman–Crippen MR) is 168 cm³/mol. The van der Waals surface area contributed by atoms with Crippen LogP contribution in [0.2, 0.25) is 0 Å². The lowest BCUT2D eigenvalue weighted by molar-refractivity contribution is -0.0236. The van der Waals surface area contributed by atoms with E-state index in [1.165, 1.54) is 69.8 Å². The fourth-order valence-electron chi connectivity index (χ4n) is 4.17. The summed E-state index contributed by atoms with van der Waals surface area (Å²) in [5.41, 5.74) is 1.17. The topological polar surface area (TPSA) is 73.8 Å². The Kier molecular flexibility index (Phi) is 31.9. The van der Waals surface area contributed by atoms with Gasteiger partial charge in [0.1, 0.15) is 0 Å². The van der Waals surface area contributed by atoms with Crippen molar-refractivity contribution in [1.29, 1.82) is 0 Å². The van der Waals surface area contributed by atoms with Crippen molar-refractivity contribution < 1.29 is 37.9 Å². The van der Waals surface area contributed by atoms with Gasteiger partial charge in [-0.05, 0) is 12.0 Å². The highest BCUT2D eigenvalue weighted by molar-refractivity contribution is 5.13. The third-order valence-corrected chi connectivity index (χ3v) is 6.61. The van der Waals surface area contributed by atoms with Crippen LogP contribution in [0.5, 0.6) is 0 Å². The van der Waals surface area contributed by atoms with Gasteiger partial charge >= 0.3 is 0 Å². The molecular weight excluding hydrogens is 536 g/mol. The van der Waals surface area contributed by atoms with Gasteiger partial charge in [-0.3, -0.25) is 0 Å². The molecule has 0 bridgehead atoms. The van der Waals surface area contributed by atoms with Crippen molar-refractivity contribution in [2.75, 3.05) is 99.1 Å². The summed E-state index contributed by atoms with van der Waals surface area (Å²) in [6, 6.07) is 10.1. The first-order chi connectivity index (χ1) is 20.9. The fraction of sp³-hybridized carbons (Fsp3) is 0.824. The minimum Gasteiger partial charge on any atom is -0.379 e. The van der Waals surface area contributed by atoms with Crippen molar-refractivity contribution >= 4 is 0 Å². The van der Waals surface area contributed by atoms with E-state index in [0.29, 0.717) is 99.1 Å². The minimum absolute atomic E-state index is 0.542. The molecule has 0 saturated heterocycles. The third kappa shape index (κ3) is 30.4. The SMILES string of the molecule is CCCCCCCCCCCCCOCCOCCOCCOCCOCCOCCOCCOCc1ccccc1. The Labute approximate surface area is 257 Å². The maximum atomic E-state index is 5.65. The molecule has 0 N–H and O–H groups in total. The molecule has 0 aliphatic heterocycles. The molecule has 8 heteroatoms. The maximum Gasteiger partial charge on any atom is 0.0718 e. The van der Waals surface area contributed by atoms with E-state index in [1.54, 1.807) is 0 Å². The Bertz CT molecular complexity index is 619. The first-order valence-electron chi connectivity index (χ1n) is 16.6. The quantitative estimate of drug-likeness (QED) is 0.0807. The molecule has 0 aromatic heterocycles. The fourth-order valence-corrected chi connectivity index (χ4v) is 4.17. The van der Waals surface area contributed by atoms with Crippen molar-refractivity contribution in [3.05, 3.63) is 35.9 Å². The van der Waals surface area contributed by atoms with E-state index >= 15 is 0 Å². The van der Waals surface area contributed by atoms with Gasteiger partial charge in [-0.15, -0.1) is 0 Å². The molecule has 0 aliphatic rings. The van der Waals surface area contributed by atoms with Crippen LogP contribution in [-0.2, 0) is 44.5 Å². The van der Waals surface area contributed by atoms with E-state index in [-0.39, 0.29) is 0 Å². The smallest absolute Gasteiger partial charge is 0.0718 e. The van der Waals surface area contributed by atoms with Gasteiger partial charge in [0, 0.05) is 6.61 Å². The Morgan fingerprint density at radius 1 is 0.333 bits per heavy atom. The van der Waals surface area contributed by atoms with Gasteiger partial charge in [-0.1, -0.05) is 101 Å². The summed E-state index contributed by atoms with van der Waals surface area (Å²) in [6.07, 6.45) is 14.9. The summed E-state index contributed by atoms with van der Waals surface area (Å²) in [4.78, 5) is 0. The van der Waals surface area contributed by atoms with Gasteiger partial charge in [0.25, 0.3) is 0 Å². The van der Waals surface area contributed by atoms with Gasteiger partial charge in [0.05, 0.1) is 99.1 Å². The second kappa shape index (κ2) is 34.4. The Morgan fingerprint density at radius 3 is 1.02 bits per heavy atom. The van der Waals surface area contributed by atoms with Crippen molar-refractivity contribution in [3.8, 4) is 0 Å². The molecule has 0 spiro atoms. The van der Waals surface area contributed by atoms with Gasteiger partial charge < -0.3 is 37.9 Å².